The van der Waals surface area contributed by atoms with E-state index in [1.165, 1.54) is 30.2 Å². The van der Waals surface area contributed by atoms with E-state index in [0.717, 1.165) is 15.4 Å². The van der Waals surface area contributed by atoms with Crippen molar-refractivity contribution in [3.8, 4) is 5.75 Å². The van der Waals surface area contributed by atoms with Crippen LogP contribution in [0.3, 0.4) is 0 Å². The van der Waals surface area contributed by atoms with Gasteiger partial charge in [-0.2, -0.15) is 0 Å². The van der Waals surface area contributed by atoms with Gasteiger partial charge in [-0.15, -0.1) is 0 Å². The lowest BCUT2D eigenvalue weighted by molar-refractivity contribution is -0.141. The second-order valence-corrected chi connectivity index (χ2v) is 13.1. The third-order valence-electron chi connectivity index (χ3n) is 6.38. The molecule has 220 valence electrons. The van der Waals surface area contributed by atoms with E-state index in [9.17, 15) is 18.0 Å². The molecule has 0 aliphatic rings. The van der Waals surface area contributed by atoms with Gasteiger partial charge in [-0.3, -0.25) is 13.9 Å². The van der Waals surface area contributed by atoms with Gasteiger partial charge < -0.3 is 15.0 Å². The molecular weight excluding hydrogens is 562 g/mol. The van der Waals surface area contributed by atoms with Gasteiger partial charge in [-0.25, -0.2) is 8.42 Å². The van der Waals surface area contributed by atoms with Crippen LogP contribution in [-0.2, 0) is 26.2 Å². The van der Waals surface area contributed by atoms with E-state index in [-0.39, 0.29) is 33.8 Å². The Hall–Kier alpha value is -3.56. The van der Waals surface area contributed by atoms with Crippen LogP contribution < -0.4 is 14.4 Å². The first-order valence-corrected chi connectivity index (χ1v) is 15.2. The minimum atomic E-state index is -4.26. The second kappa shape index (κ2) is 13.4. The maximum atomic E-state index is 14.2. The topological polar surface area (TPSA) is 96.0 Å². The summed E-state index contributed by atoms with van der Waals surface area (Å²) in [6.45, 7) is 8.79. The lowest BCUT2D eigenvalue weighted by atomic mass is 10.1. The largest absolute Gasteiger partial charge is 0.495 e. The predicted molar refractivity (Wildman–Crippen MR) is 163 cm³/mol. The number of sulfonamides is 1. The number of ether oxygens (including phenoxy) is 1. The first-order valence-electron chi connectivity index (χ1n) is 13.3. The number of carbonyl (C=O) groups excluding carboxylic acids is 2. The maximum Gasteiger partial charge on any atom is 0.264 e. The molecule has 0 spiro atoms. The van der Waals surface area contributed by atoms with Crippen LogP contribution in [0.25, 0.3) is 0 Å². The van der Waals surface area contributed by atoms with Crippen molar-refractivity contribution in [1.29, 1.82) is 0 Å². The lowest BCUT2D eigenvalue weighted by Crippen LogP contribution is -2.55. The molecule has 3 aromatic carbocycles. The molecule has 1 N–H and O–H groups in total. The first kappa shape index (κ1) is 32.0. The summed E-state index contributed by atoms with van der Waals surface area (Å²) >= 11 is 6.29. The van der Waals surface area contributed by atoms with E-state index < -0.39 is 34.1 Å². The zero-order chi connectivity index (χ0) is 30.4. The zero-order valence-corrected chi connectivity index (χ0v) is 25.9. The molecule has 1 unspecified atom stereocenters. The van der Waals surface area contributed by atoms with Crippen molar-refractivity contribution in [3.63, 3.8) is 0 Å². The summed E-state index contributed by atoms with van der Waals surface area (Å²) in [5, 5.41) is 3.23. The number of halogens is 1. The first-order chi connectivity index (χ1) is 19.3. The number of anilines is 1. The highest BCUT2D eigenvalue weighted by atomic mass is 35.5. The van der Waals surface area contributed by atoms with E-state index in [1.54, 1.807) is 24.3 Å². The molecule has 0 saturated carbocycles. The van der Waals surface area contributed by atoms with Crippen LogP contribution in [0.5, 0.6) is 5.75 Å². The van der Waals surface area contributed by atoms with Crippen molar-refractivity contribution in [2.45, 2.75) is 64.1 Å². The highest BCUT2D eigenvalue weighted by molar-refractivity contribution is 7.92. The molecular formula is C31H38ClN3O5S. The van der Waals surface area contributed by atoms with Crippen molar-refractivity contribution >= 4 is 39.1 Å². The fourth-order valence-electron chi connectivity index (χ4n) is 4.36. The molecule has 0 fully saturated rings. The second-order valence-electron chi connectivity index (χ2n) is 10.8. The number of nitrogens with zero attached hydrogens (tertiary/aromatic N) is 2. The minimum Gasteiger partial charge on any atom is -0.495 e. The van der Waals surface area contributed by atoms with Crippen molar-refractivity contribution in [2.24, 2.45) is 0 Å². The number of carbonyl (C=O) groups is 2. The van der Waals surface area contributed by atoms with Crippen LogP contribution >= 0.6 is 11.6 Å². The lowest BCUT2D eigenvalue weighted by Gasteiger charge is -2.35. The predicted octanol–water partition coefficient (Wildman–Crippen LogP) is 5.57. The molecule has 2 amide bonds. The molecule has 0 aromatic heterocycles. The number of benzene rings is 3. The smallest absolute Gasteiger partial charge is 0.264 e. The standard InChI is InChI=1S/C31H38ClN3O5S/c1-7-26(30(37)33-31(3,4)5)34(20-23-11-9-8-10-12-23)29(36)21-35(27-19-24(32)15-18-28(27)40-6)41(38,39)25-16-13-22(2)14-17-25/h8-19,26H,7,20-21H2,1-6H3,(H,33,37). The van der Waals surface area contributed by atoms with Crippen LogP contribution in [0.4, 0.5) is 5.69 Å². The number of amides is 2. The molecule has 3 aromatic rings. The number of hydrogen-bond donors (Lipinski definition) is 1. The molecule has 0 saturated heterocycles. The molecule has 0 bridgehead atoms. The van der Waals surface area contributed by atoms with Crippen molar-refractivity contribution in [2.75, 3.05) is 18.0 Å². The van der Waals surface area contributed by atoms with Gasteiger partial charge in [0.25, 0.3) is 10.0 Å². The fourth-order valence-corrected chi connectivity index (χ4v) is 5.94. The molecule has 0 aliphatic carbocycles. The number of aryl methyl sites for hydroxylation is 1. The highest BCUT2D eigenvalue weighted by Crippen LogP contribution is 2.35. The third kappa shape index (κ3) is 8.24. The van der Waals surface area contributed by atoms with Crippen LogP contribution in [-0.4, -0.2) is 50.4 Å². The normalized spacial score (nSPS) is 12.4. The molecule has 0 heterocycles. The van der Waals surface area contributed by atoms with Gasteiger partial charge in [0.1, 0.15) is 18.3 Å². The Morgan fingerprint density at radius 2 is 1.63 bits per heavy atom. The molecule has 8 nitrogen and oxygen atoms in total. The maximum absolute atomic E-state index is 14.2. The van der Waals surface area contributed by atoms with E-state index in [1.807, 2.05) is 65.0 Å². The van der Waals surface area contributed by atoms with Crippen LogP contribution in [0, 0.1) is 6.92 Å². The Kier molecular flexibility index (Phi) is 10.4. The zero-order valence-electron chi connectivity index (χ0n) is 24.3. The van der Waals surface area contributed by atoms with Gasteiger partial charge in [0, 0.05) is 17.1 Å². The Morgan fingerprint density at radius 1 is 1.00 bits per heavy atom. The summed E-state index contributed by atoms with van der Waals surface area (Å²) in [7, 11) is -2.84. The fraction of sp³-hybridized carbons (Fsp3) is 0.355. The third-order valence-corrected chi connectivity index (χ3v) is 8.39. The Bertz CT molecular complexity index is 1460. The van der Waals surface area contributed by atoms with Gasteiger partial charge >= 0.3 is 0 Å². The molecule has 0 aliphatic heterocycles. The Labute approximate surface area is 248 Å². The quantitative estimate of drug-likeness (QED) is 0.311. The number of nitrogens with one attached hydrogen (secondary N) is 1. The van der Waals surface area contributed by atoms with Crippen LogP contribution in [0.1, 0.15) is 45.2 Å². The average molecular weight is 600 g/mol. The summed E-state index contributed by atoms with van der Waals surface area (Å²) in [6.07, 6.45) is 0.325. The average Bonchev–Trinajstić information content (AvgIpc) is 2.91. The number of methoxy groups -OCH3 is 1. The monoisotopic (exact) mass is 599 g/mol. The number of hydrogen-bond acceptors (Lipinski definition) is 5. The summed E-state index contributed by atoms with van der Waals surface area (Å²) < 4.78 is 34.6. The molecule has 3 rings (SSSR count). The van der Waals surface area contributed by atoms with Gasteiger partial charge in [0.15, 0.2) is 0 Å². The Morgan fingerprint density at radius 3 is 2.20 bits per heavy atom. The van der Waals surface area contributed by atoms with Crippen molar-refractivity contribution in [3.05, 3.63) is 88.9 Å². The minimum absolute atomic E-state index is 0.00468. The van der Waals surface area contributed by atoms with Gasteiger partial charge in [-0.1, -0.05) is 66.6 Å². The molecule has 0 radical (unpaired) electrons. The van der Waals surface area contributed by atoms with E-state index in [2.05, 4.69) is 5.32 Å². The van der Waals surface area contributed by atoms with Crippen LogP contribution in [0.2, 0.25) is 5.02 Å². The molecule has 1 atom stereocenters. The van der Waals surface area contributed by atoms with Gasteiger partial charge in [0.2, 0.25) is 11.8 Å². The van der Waals surface area contributed by atoms with E-state index in [4.69, 9.17) is 16.3 Å². The van der Waals surface area contributed by atoms with Crippen molar-refractivity contribution in [1.82, 2.24) is 10.2 Å². The summed E-state index contributed by atoms with van der Waals surface area (Å²) in [5.74, 6) is -0.648. The van der Waals surface area contributed by atoms with E-state index in [0.29, 0.717) is 6.42 Å². The SMILES string of the molecule is CCC(C(=O)NC(C)(C)C)N(Cc1ccccc1)C(=O)CN(c1cc(Cl)ccc1OC)S(=O)(=O)c1ccc(C)cc1. The van der Waals surface area contributed by atoms with E-state index >= 15 is 0 Å². The van der Waals surface area contributed by atoms with Crippen LogP contribution in [0.15, 0.2) is 77.7 Å². The summed E-state index contributed by atoms with van der Waals surface area (Å²) in [6, 6.07) is 19.4. The highest BCUT2D eigenvalue weighted by Gasteiger charge is 2.35. The number of rotatable bonds is 11. The molecule has 10 heteroatoms. The summed E-state index contributed by atoms with van der Waals surface area (Å²) in [5.41, 5.74) is 1.27. The summed E-state index contributed by atoms with van der Waals surface area (Å²) in [4.78, 5) is 29.0. The molecule has 41 heavy (non-hydrogen) atoms. The van der Waals surface area contributed by atoms with Gasteiger partial charge in [-0.05, 0) is 70.0 Å². The van der Waals surface area contributed by atoms with Gasteiger partial charge in [0.05, 0.1) is 17.7 Å². The Balaban J connectivity index is 2.13. The van der Waals surface area contributed by atoms with Crippen molar-refractivity contribution < 1.29 is 22.7 Å².